The summed E-state index contributed by atoms with van der Waals surface area (Å²) in [5.74, 6) is -0.188. The van der Waals surface area contributed by atoms with Crippen LogP contribution >= 0.6 is 24.0 Å². The van der Waals surface area contributed by atoms with Crippen molar-refractivity contribution in [1.29, 1.82) is 5.26 Å². The summed E-state index contributed by atoms with van der Waals surface area (Å²) in [7, 11) is 0. The van der Waals surface area contributed by atoms with Gasteiger partial charge in [-0.15, -0.1) is 0 Å². The molecule has 2 aliphatic heterocycles. The van der Waals surface area contributed by atoms with Crippen LogP contribution < -0.4 is 19.9 Å². The number of carbonyl (C=O) groups excluding carboxylic acids is 3. The van der Waals surface area contributed by atoms with Crippen LogP contribution in [-0.4, -0.2) is 82.9 Å². The molecule has 3 atom stereocenters. The molecule has 4 aromatic carbocycles. The number of benzene rings is 4. The Morgan fingerprint density at radius 1 is 0.940 bits per heavy atom. The zero-order chi connectivity index (χ0) is 62.0. The van der Waals surface area contributed by atoms with Crippen LogP contribution in [0.2, 0.25) is 0 Å². The van der Waals surface area contributed by atoms with Crippen LogP contribution in [0.5, 0.6) is 5.75 Å². The fourth-order valence-electron chi connectivity index (χ4n) is 9.79. The van der Waals surface area contributed by atoms with Gasteiger partial charge in [0.05, 0.1) is 41.6 Å². The van der Waals surface area contributed by atoms with Crippen molar-refractivity contribution in [1.82, 2.24) is 10.2 Å². The molecule has 1 unspecified atom stereocenters. The van der Waals surface area contributed by atoms with Crippen molar-refractivity contribution in [3.05, 3.63) is 142 Å². The molecule has 2 heterocycles. The summed E-state index contributed by atoms with van der Waals surface area (Å²) < 4.78 is 53.0. The minimum Gasteiger partial charge on any atom is -0.494 e. The molecule has 0 bridgehead atoms. The number of aryl methyl sites for hydroxylation is 2. The van der Waals surface area contributed by atoms with E-state index in [2.05, 4.69) is 97.6 Å². The van der Waals surface area contributed by atoms with Gasteiger partial charge in [-0.05, 0) is 172 Å². The molecule has 2 fully saturated rings. The number of hydrogen-bond donors (Lipinski definition) is 2. The van der Waals surface area contributed by atoms with E-state index in [0.29, 0.717) is 43.9 Å². The maximum atomic E-state index is 13.9. The van der Waals surface area contributed by atoms with E-state index in [0.717, 1.165) is 52.1 Å². The Bertz CT molecular complexity index is 2950. The molecular formula is C67H88F3N5O6S2. The van der Waals surface area contributed by atoms with E-state index in [9.17, 15) is 37.9 Å². The number of nitrogens with one attached hydrogen (secondary N) is 1. The second-order valence-electron chi connectivity index (χ2n) is 23.0. The lowest BCUT2D eigenvalue weighted by Gasteiger charge is -2.37. The van der Waals surface area contributed by atoms with Crippen molar-refractivity contribution >= 4 is 63.1 Å². The molecule has 0 saturated carbocycles. The Kier molecular flexibility index (Phi) is 26.4. The fraction of sp³-hybridized carbons (Fsp3) is 0.478. The van der Waals surface area contributed by atoms with Gasteiger partial charge in [-0.2, -0.15) is 18.4 Å². The number of halogens is 3. The van der Waals surface area contributed by atoms with Gasteiger partial charge in [0.1, 0.15) is 23.9 Å². The molecule has 0 aliphatic carbocycles. The highest BCUT2D eigenvalue weighted by Crippen LogP contribution is 2.41. The first-order chi connectivity index (χ1) is 39.1. The van der Waals surface area contributed by atoms with E-state index in [1.165, 1.54) is 40.5 Å². The number of anilines is 2. The zero-order valence-electron chi connectivity index (χ0n) is 51.3. The van der Waals surface area contributed by atoms with Gasteiger partial charge in [0.2, 0.25) is 11.8 Å². The number of ether oxygens (including phenoxy) is 2. The molecule has 6 rings (SSSR count). The Morgan fingerprint density at radius 2 is 1.57 bits per heavy atom. The number of thiocarbonyl (C=S) groups is 1. The SMILES string of the molecule is C=CSC(=C(C)C)c1ccc(CC)cc1.CC/C=C(/C(C)C)[C@@H]1C[C@@H](O)CN1C(=O)C(NC(=O)COCCCCOc1ccc(-c2ccc(N3C(=S)N(c4ccc(C#N)c(C(F)(F)F)c4)C(=O)C3(C)C)cc2)c(C)c1)C(C)(C)C.CCCC. The van der Waals surface area contributed by atoms with E-state index < -0.39 is 46.3 Å². The van der Waals surface area contributed by atoms with Crippen LogP contribution in [-0.2, 0) is 31.7 Å². The van der Waals surface area contributed by atoms with Gasteiger partial charge >= 0.3 is 6.18 Å². The summed E-state index contributed by atoms with van der Waals surface area (Å²) in [6, 6.07) is 25.6. The summed E-state index contributed by atoms with van der Waals surface area (Å²) >= 11 is 7.38. The molecule has 11 nitrogen and oxygen atoms in total. The van der Waals surface area contributed by atoms with Gasteiger partial charge in [0, 0.05) is 23.7 Å². The van der Waals surface area contributed by atoms with Crippen molar-refractivity contribution < 1.29 is 42.1 Å². The average molecular weight is 1180 g/mol. The van der Waals surface area contributed by atoms with Gasteiger partial charge < -0.3 is 29.7 Å². The number of amides is 3. The van der Waals surface area contributed by atoms with Gasteiger partial charge in [-0.1, -0.05) is 148 Å². The van der Waals surface area contributed by atoms with E-state index >= 15 is 0 Å². The minimum atomic E-state index is -4.80. The van der Waals surface area contributed by atoms with Crippen molar-refractivity contribution in [2.24, 2.45) is 11.3 Å². The largest absolute Gasteiger partial charge is 0.494 e. The Hall–Kier alpha value is -6.25. The van der Waals surface area contributed by atoms with E-state index in [1.54, 1.807) is 41.5 Å². The molecule has 2 N–H and O–H groups in total. The van der Waals surface area contributed by atoms with E-state index in [-0.39, 0.29) is 47.7 Å². The Labute approximate surface area is 502 Å². The summed E-state index contributed by atoms with van der Waals surface area (Å²) in [6.07, 6.45) is 3.09. The van der Waals surface area contributed by atoms with Crippen molar-refractivity contribution in [2.45, 2.75) is 172 Å². The molecule has 0 spiro atoms. The molecule has 0 aromatic heterocycles. The van der Waals surface area contributed by atoms with Gasteiger partial charge in [-0.3, -0.25) is 19.3 Å². The van der Waals surface area contributed by atoms with Crippen molar-refractivity contribution in [3.63, 3.8) is 0 Å². The van der Waals surface area contributed by atoms with Gasteiger partial charge in [0.15, 0.2) is 5.11 Å². The third-order valence-corrected chi connectivity index (χ3v) is 15.8. The minimum absolute atomic E-state index is 0.0161. The maximum Gasteiger partial charge on any atom is 0.417 e. The standard InChI is InChI=1S/C49H60F3N5O6S.C14H18S.C4H10/c1-10-13-38(30(2)3)41-26-36(58)28-55(41)44(60)43(47(5,6)7)54-42(59)29-62-22-11-12-23-63-37-20-21-39(31(4)24-37)32-14-17-34(18-15-32)57-46(64)56(45(61)48(57,8)9)35-19-16-33(27-53)40(25-35)49(50,51)52;1-5-12-7-9-13(10-8-12)14(11(3)4)15-6-2;1-3-4-2/h13-21,24-25,30,36,41,43,58H,10-12,22-23,26,28-29H2,1-9H3,(H,54,59);6-10H,2,5H2,1,3-4H3;3-4H2,1-2H3/b38-13-;;/t36-,41+,43?;;/m1../s1. The number of rotatable bonds is 21. The first-order valence-electron chi connectivity index (χ1n) is 28.8. The molecule has 3 amide bonds. The Balaban J connectivity index is 0.000000660. The molecule has 16 heteroatoms. The number of thioether (sulfide) groups is 1. The number of likely N-dealkylation sites (tertiary alicyclic amines) is 1. The number of alkyl halides is 3. The molecule has 0 radical (unpaired) electrons. The number of hydrogen-bond acceptors (Lipinski definition) is 9. The number of carbonyl (C=O) groups is 3. The quantitative estimate of drug-likeness (QED) is 0.0472. The first kappa shape index (κ1) is 69.2. The normalized spacial score (nSPS) is 16.4. The number of nitriles is 1. The number of β-amino-alcohol motifs (C(OH)–C–C–N with tert-alkyl or cyclic N) is 1. The highest BCUT2D eigenvalue weighted by atomic mass is 32.2. The van der Waals surface area contributed by atoms with Crippen LogP contribution in [0.1, 0.15) is 156 Å². The zero-order valence-corrected chi connectivity index (χ0v) is 52.9. The lowest BCUT2D eigenvalue weighted by atomic mass is 9.85. The summed E-state index contributed by atoms with van der Waals surface area (Å²) in [4.78, 5) is 46.4. The average Bonchev–Trinajstić information content (AvgIpc) is 3.25. The predicted octanol–water partition coefficient (Wildman–Crippen LogP) is 15.8. The topological polar surface area (TPSA) is 135 Å². The number of unbranched alkanes of at least 4 members (excludes halogenated alkanes) is 2. The maximum absolute atomic E-state index is 13.9. The fourth-order valence-corrected chi connectivity index (χ4v) is 11.0. The lowest BCUT2D eigenvalue weighted by Crippen LogP contribution is -2.56. The monoisotopic (exact) mass is 1180 g/mol. The summed E-state index contributed by atoms with van der Waals surface area (Å²) in [6.45, 7) is 32.6. The number of aliphatic hydroxyl groups excluding tert-OH is 1. The van der Waals surface area contributed by atoms with Crippen LogP contribution in [0.25, 0.3) is 16.0 Å². The van der Waals surface area contributed by atoms with Crippen LogP contribution in [0.3, 0.4) is 0 Å². The second kappa shape index (κ2) is 31.6. The van der Waals surface area contributed by atoms with Crippen molar-refractivity contribution in [3.8, 4) is 22.9 Å². The van der Waals surface area contributed by atoms with Crippen LogP contribution in [0.15, 0.2) is 114 Å². The van der Waals surface area contributed by atoms with E-state index in [1.807, 2.05) is 75.6 Å². The number of nitrogens with zero attached hydrogens (tertiary/aromatic N) is 4. The molecular weight excluding hydrogens is 1090 g/mol. The van der Waals surface area contributed by atoms with Gasteiger partial charge in [-0.25, -0.2) is 0 Å². The van der Waals surface area contributed by atoms with Crippen molar-refractivity contribution in [2.75, 3.05) is 36.2 Å². The smallest absolute Gasteiger partial charge is 0.417 e. The molecule has 83 heavy (non-hydrogen) atoms. The third-order valence-electron chi connectivity index (χ3n) is 14.4. The third kappa shape index (κ3) is 18.6. The van der Waals surface area contributed by atoms with Crippen LogP contribution in [0.4, 0.5) is 24.5 Å². The van der Waals surface area contributed by atoms with E-state index in [4.69, 9.17) is 21.7 Å². The second-order valence-corrected chi connectivity index (χ2v) is 24.3. The highest BCUT2D eigenvalue weighted by molar-refractivity contribution is 8.10. The lowest BCUT2D eigenvalue weighted by molar-refractivity contribution is -0.141. The van der Waals surface area contributed by atoms with Crippen LogP contribution in [0, 0.1) is 29.6 Å². The summed E-state index contributed by atoms with van der Waals surface area (Å²) in [5.41, 5.74) is 4.97. The summed E-state index contributed by atoms with van der Waals surface area (Å²) in [5, 5.41) is 24.6. The van der Waals surface area contributed by atoms with Gasteiger partial charge in [0.25, 0.3) is 5.91 Å². The molecule has 4 aromatic rings. The first-order valence-corrected chi connectivity index (χ1v) is 30.1. The molecule has 2 saturated heterocycles. The predicted molar refractivity (Wildman–Crippen MR) is 338 cm³/mol. The number of allylic oxidation sites excluding steroid dienone is 2. The molecule has 2 aliphatic rings. The molecule has 450 valence electrons. The number of aliphatic hydroxyl groups is 1. The Morgan fingerprint density at radius 3 is 2.10 bits per heavy atom. The highest BCUT2D eigenvalue weighted by Gasteiger charge is 2.51.